The summed E-state index contributed by atoms with van der Waals surface area (Å²) in [7, 11) is 0. The zero-order chi connectivity index (χ0) is 31.6. The minimum absolute atomic E-state index is 0.0719. The number of nitrogens with zero attached hydrogens (tertiary/aromatic N) is 2. The van der Waals surface area contributed by atoms with E-state index in [-0.39, 0.29) is 30.3 Å². The zero-order valence-corrected chi connectivity index (χ0v) is 26.4. The van der Waals surface area contributed by atoms with Crippen molar-refractivity contribution in [2.24, 2.45) is 0 Å². The smallest absolute Gasteiger partial charge is 0.247 e. The lowest BCUT2D eigenvalue weighted by Gasteiger charge is -2.38. The average molecular weight is 633 g/mol. The first kappa shape index (κ1) is 32.5. The molecule has 2 aliphatic rings. The number of halogens is 1. The SMILES string of the molecule is CC(=O)NCCc1ccc(Cl)c(CN(C(=O)[C@H]2CNCC(=O)N2c2ccc(OCCCOCc3ccccc3)cc2)C2CC2)c1. The molecule has 1 aliphatic carbocycles. The molecule has 5 rings (SSSR count). The Morgan fingerprint density at radius 2 is 1.80 bits per heavy atom. The summed E-state index contributed by atoms with van der Waals surface area (Å²) in [6.45, 7) is 4.58. The second kappa shape index (κ2) is 15.9. The Hall–Kier alpha value is -3.92. The highest BCUT2D eigenvalue weighted by Crippen LogP contribution is 2.32. The lowest BCUT2D eigenvalue weighted by atomic mass is 10.1. The van der Waals surface area contributed by atoms with Crippen LogP contribution in [0.3, 0.4) is 0 Å². The van der Waals surface area contributed by atoms with Crippen molar-refractivity contribution < 1.29 is 23.9 Å². The maximum Gasteiger partial charge on any atom is 0.247 e. The molecule has 0 bridgehead atoms. The van der Waals surface area contributed by atoms with Gasteiger partial charge in [0, 0.05) is 49.7 Å². The first-order chi connectivity index (χ1) is 21.9. The van der Waals surface area contributed by atoms with Crippen LogP contribution in [0.5, 0.6) is 5.75 Å². The van der Waals surface area contributed by atoms with Crippen molar-refractivity contribution >= 4 is 35.0 Å². The molecular weight excluding hydrogens is 592 g/mol. The van der Waals surface area contributed by atoms with Crippen LogP contribution in [-0.4, -0.2) is 67.6 Å². The van der Waals surface area contributed by atoms with E-state index in [1.807, 2.05) is 77.7 Å². The molecule has 1 heterocycles. The van der Waals surface area contributed by atoms with E-state index >= 15 is 0 Å². The number of piperazine rings is 1. The van der Waals surface area contributed by atoms with Crippen molar-refractivity contribution in [1.82, 2.24) is 15.5 Å². The fraction of sp³-hybridized carbons (Fsp3) is 0.400. The van der Waals surface area contributed by atoms with E-state index in [9.17, 15) is 14.4 Å². The van der Waals surface area contributed by atoms with Gasteiger partial charge in [-0.25, -0.2) is 0 Å². The molecule has 0 radical (unpaired) electrons. The lowest BCUT2D eigenvalue weighted by Crippen LogP contribution is -2.61. The molecular formula is C35H41ClN4O5. The van der Waals surface area contributed by atoms with Gasteiger partial charge in [0.15, 0.2) is 0 Å². The van der Waals surface area contributed by atoms with E-state index in [0.29, 0.717) is 62.3 Å². The number of ether oxygens (including phenoxy) is 2. The number of hydrogen-bond donors (Lipinski definition) is 2. The predicted octanol–water partition coefficient (Wildman–Crippen LogP) is 4.50. The lowest BCUT2D eigenvalue weighted by molar-refractivity contribution is -0.136. The van der Waals surface area contributed by atoms with E-state index in [4.69, 9.17) is 21.1 Å². The molecule has 3 aromatic carbocycles. The highest BCUT2D eigenvalue weighted by Gasteiger charge is 2.41. The Bertz CT molecular complexity index is 1450. The third-order valence-electron chi connectivity index (χ3n) is 7.92. The van der Waals surface area contributed by atoms with Gasteiger partial charge in [0.2, 0.25) is 17.7 Å². The van der Waals surface area contributed by atoms with Gasteiger partial charge in [-0.2, -0.15) is 0 Å². The molecule has 238 valence electrons. The van der Waals surface area contributed by atoms with Crippen molar-refractivity contribution in [3.63, 3.8) is 0 Å². The number of carbonyl (C=O) groups excluding carboxylic acids is 3. The Morgan fingerprint density at radius 1 is 1.02 bits per heavy atom. The number of rotatable bonds is 15. The van der Waals surface area contributed by atoms with E-state index in [0.717, 1.165) is 36.0 Å². The highest BCUT2D eigenvalue weighted by atomic mass is 35.5. The van der Waals surface area contributed by atoms with Crippen LogP contribution in [0.2, 0.25) is 5.02 Å². The van der Waals surface area contributed by atoms with Crippen molar-refractivity contribution in [1.29, 1.82) is 0 Å². The topological polar surface area (TPSA) is 100 Å². The summed E-state index contributed by atoms with van der Waals surface area (Å²) < 4.78 is 11.6. The summed E-state index contributed by atoms with van der Waals surface area (Å²) in [5, 5.41) is 6.53. The minimum atomic E-state index is -0.679. The molecule has 3 aromatic rings. The molecule has 10 heteroatoms. The fourth-order valence-electron chi connectivity index (χ4n) is 5.44. The Morgan fingerprint density at radius 3 is 2.53 bits per heavy atom. The first-order valence-corrected chi connectivity index (χ1v) is 16.0. The summed E-state index contributed by atoms with van der Waals surface area (Å²) >= 11 is 6.59. The Balaban J connectivity index is 1.19. The molecule has 45 heavy (non-hydrogen) atoms. The van der Waals surface area contributed by atoms with Crippen LogP contribution in [0, 0.1) is 0 Å². The van der Waals surface area contributed by atoms with Gasteiger partial charge >= 0.3 is 0 Å². The van der Waals surface area contributed by atoms with Crippen molar-refractivity contribution in [2.45, 2.75) is 57.8 Å². The van der Waals surface area contributed by atoms with Gasteiger partial charge in [0.1, 0.15) is 11.8 Å². The molecule has 9 nitrogen and oxygen atoms in total. The van der Waals surface area contributed by atoms with Crippen molar-refractivity contribution in [3.8, 4) is 5.75 Å². The van der Waals surface area contributed by atoms with Crippen LogP contribution in [-0.2, 0) is 38.7 Å². The van der Waals surface area contributed by atoms with E-state index < -0.39 is 6.04 Å². The molecule has 1 saturated heterocycles. The number of amides is 3. The van der Waals surface area contributed by atoms with Gasteiger partial charge in [-0.15, -0.1) is 0 Å². The van der Waals surface area contributed by atoms with Crippen molar-refractivity contribution in [3.05, 3.63) is 94.5 Å². The molecule has 1 saturated carbocycles. The third kappa shape index (κ3) is 9.29. The minimum Gasteiger partial charge on any atom is -0.494 e. The second-order valence-electron chi connectivity index (χ2n) is 11.5. The largest absolute Gasteiger partial charge is 0.494 e. The normalized spacial score (nSPS) is 16.4. The second-order valence-corrected chi connectivity index (χ2v) is 11.9. The molecule has 1 atom stereocenters. The van der Waals surface area contributed by atoms with E-state index in [1.165, 1.54) is 6.92 Å². The Labute approximate surface area is 269 Å². The number of anilines is 1. The monoisotopic (exact) mass is 632 g/mol. The van der Waals surface area contributed by atoms with Crippen LogP contribution >= 0.6 is 11.6 Å². The van der Waals surface area contributed by atoms with Crippen LogP contribution in [0.4, 0.5) is 5.69 Å². The molecule has 0 spiro atoms. The molecule has 2 fully saturated rings. The number of benzene rings is 3. The molecule has 0 unspecified atom stereocenters. The number of nitrogens with one attached hydrogen (secondary N) is 2. The van der Waals surface area contributed by atoms with Crippen LogP contribution in [0.25, 0.3) is 0 Å². The summed E-state index contributed by atoms with van der Waals surface area (Å²) in [5.41, 5.74) is 3.68. The summed E-state index contributed by atoms with van der Waals surface area (Å²) in [6, 6.07) is 22.6. The van der Waals surface area contributed by atoms with Gasteiger partial charge in [-0.3, -0.25) is 19.3 Å². The van der Waals surface area contributed by atoms with Crippen LogP contribution in [0.15, 0.2) is 72.8 Å². The maximum absolute atomic E-state index is 14.1. The molecule has 3 amide bonds. The van der Waals surface area contributed by atoms with Gasteiger partial charge in [-0.05, 0) is 66.3 Å². The fourth-order valence-corrected chi connectivity index (χ4v) is 5.62. The maximum atomic E-state index is 14.1. The van der Waals surface area contributed by atoms with E-state index in [2.05, 4.69) is 10.6 Å². The first-order valence-electron chi connectivity index (χ1n) is 15.6. The third-order valence-corrected chi connectivity index (χ3v) is 8.29. The highest BCUT2D eigenvalue weighted by molar-refractivity contribution is 6.31. The van der Waals surface area contributed by atoms with Crippen molar-refractivity contribution in [2.75, 3.05) is 37.7 Å². The summed E-state index contributed by atoms with van der Waals surface area (Å²) in [5.74, 6) is 0.364. The quantitative estimate of drug-likeness (QED) is 0.239. The number of hydrogen-bond acceptors (Lipinski definition) is 6. The summed E-state index contributed by atoms with van der Waals surface area (Å²) in [4.78, 5) is 42.0. The van der Waals surface area contributed by atoms with Crippen LogP contribution < -0.4 is 20.3 Å². The molecule has 2 N–H and O–H groups in total. The van der Waals surface area contributed by atoms with Gasteiger partial charge < -0.3 is 25.0 Å². The van der Waals surface area contributed by atoms with Gasteiger partial charge in [0.05, 0.1) is 26.4 Å². The number of carbonyl (C=O) groups is 3. The molecule has 1 aliphatic heterocycles. The van der Waals surface area contributed by atoms with E-state index in [1.54, 1.807) is 4.90 Å². The average Bonchev–Trinajstić information content (AvgIpc) is 3.89. The van der Waals surface area contributed by atoms with Gasteiger partial charge in [0.25, 0.3) is 0 Å². The Kier molecular flexibility index (Phi) is 11.5. The predicted molar refractivity (Wildman–Crippen MR) is 174 cm³/mol. The van der Waals surface area contributed by atoms with Crippen LogP contribution in [0.1, 0.15) is 42.9 Å². The zero-order valence-electron chi connectivity index (χ0n) is 25.7. The van der Waals surface area contributed by atoms with Gasteiger partial charge in [-0.1, -0.05) is 54.1 Å². The molecule has 0 aromatic heterocycles. The standard InChI is InChI=1S/C35H41ClN4O5/c1-25(41)38-17-16-26-8-15-32(36)28(20-26)23-39(29-9-10-29)35(43)33-21-37-22-34(42)40(33)30-11-13-31(14-12-30)45-19-5-18-44-24-27-6-3-2-4-7-27/h2-4,6-8,11-15,20,29,33,37H,5,9-10,16-19,21-24H2,1H3,(H,38,41)/t33-/m1/s1. The summed E-state index contributed by atoms with van der Waals surface area (Å²) in [6.07, 6.45) is 3.25.